The largest absolute Gasteiger partial charge is 0.355 e. The maximum atomic E-state index is 12.1. The van der Waals surface area contributed by atoms with Crippen LogP contribution < -0.4 is 5.32 Å². The van der Waals surface area contributed by atoms with E-state index in [0.29, 0.717) is 19.6 Å². The number of aryl methyl sites for hydroxylation is 1. The average Bonchev–Trinajstić information content (AvgIpc) is 2.74. The molecule has 1 fully saturated rings. The van der Waals surface area contributed by atoms with E-state index < -0.39 is 0 Å². The van der Waals surface area contributed by atoms with Gasteiger partial charge in [-0.15, -0.1) is 11.3 Å². The fourth-order valence-corrected chi connectivity index (χ4v) is 2.88. The second-order valence-electron chi connectivity index (χ2n) is 4.46. The van der Waals surface area contributed by atoms with Crippen molar-refractivity contribution in [3.8, 4) is 0 Å². The number of rotatable bonds is 4. The first-order chi connectivity index (χ1) is 8.69. The summed E-state index contributed by atoms with van der Waals surface area (Å²) in [6.45, 7) is 4.27. The quantitative estimate of drug-likeness (QED) is 0.836. The molecule has 2 heterocycles. The number of ketones is 1. The molecule has 0 aliphatic carbocycles. The number of carbonyl (C=O) groups excluding carboxylic acids is 2. The molecule has 0 radical (unpaired) electrons. The Bertz CT molecular complexity index is 442. The Morgan fingerprint density at radius 2 is 2.33 bits per heavy atom. The summed E-state index contributed by atoms with van der Waals surface area (Å²) in [6, 6.07) is 3.90. The zero-order chi connectivity index (χ0) is 13.0. The predicted molar refractivity (Wildman–Crippen MR) is 72.1 cm³/mol. The number of nitrogens with one attached hydrogen (secondary N) is 1. The summed E-state index contributed by atoms with van der Waals surface area (Å²) in [5.74, 6) is 0.134. The van der Waals surface area contributed by atoms with Gasteiger partial charge in [0, 0.05) is 18.0 Å². The molecule has 1 aromatic rings. The van der Waals surface area contributed by atoms with Gasteiger partial charge in [0.25, 0.3) is 0 Å². The van der Waals surface area contributed by atoms with E-state index in [2.05, 4.69) is 12.2 Å². The van der Waals surface area contributed by atoms with Crippen LogP contribution in [0, 0.1) is 0 Å². The van der Waals surface area contributed by atoms with Crippen LogP contribution in [0.2, 0.25) is 0 Å². The zero-order valence-electron chi connectivity index (χ0n) is 10.6. The molecule has 0 unspecified atom stereocenters. The average molecular weight is 266 g/mol. The molecule has 0 atom stereocenters. The lowest BCUT2D eigenvalue weighted by Crippen LogP contribution is -2.36. The first-order valence-electron chi connectivity index (χ1n) is 6.30. The highest BCUT2D eigenvalue weighted by molar-refractivity contribution is 7.14. The minimum atomic E-state index is 0.0146. The molecule has 1 aromatic heterocycles. The number of nitrogens with zero attached hydrogens (tertiary/aromatic N) is 1. The van der Waals surface area contributed by atoms with Gasteiger partial charge in [-0.05, 0) is 25.0 Å². The topological polar surface area (TPSA) is 49.4 Å². The molecule has 1 saturated heterocycles. The minimum Gasteiger partial charge on any atom is -0.355 e. The van der Waals surface area contributed by atoms with Crippen LogP contribution in [-0.4, -0.2) is 42.8 Å². The van der Waals surface area contributed by atoms with Crippen LogP contribution in [0.1, 0.15) is 27.9 Å². The molecule has 4 nitrogen and oxygen atoms in total. The van der Waals surface area contributed by atoms with Gasteiger partial charge in [-0.3, -0.25) is 14.5 Å². The van der Waals surface area contributed by atoms with Gasteiger partial charge in [-0.2, -0.15) is 0 Å². The van der Waals surface area contributed by atoms with E-state index in [1.807, 2.05) is 17.0 Å². The van der Waals surface area contributed by atoms with E-state index in [9.17, 15) is 9.59 Å². The van der Waals surface area contributed by atoms with Crippen molar-refractivity contribution in [3.63, 3.8) is 0 Å². The van der Waals surface area contributed by atoms with Crippen molar-refractivity contribution in [2.45, 2.75) is 19.8 Å². The van der Waals surface area contributed by atoms with Gasteiger partial charge in [0.2, 0.25) is 5.91 Å². The minimum absolute atomic E-state index is 0.0146. The first kappa shape index (κ1) is 13.2. The summed E-state index contributed by atoms with van der Waals surface area (Å²) in [7, 11) is 0. The smallest absolute Gasteiger partial charge is 0.234 e. The summed E-state index contributed by atoms with van der Waals surface area (Å²) in [5, 5.41) is 2.81. The number of Topliss-reactive ketones (excluding diaryl/α,β-unsaturated/α-hetero) is 1. The van der Waals surface area contributed by atoms with Gasteiger partial charge < -0.3 is 5.32 Å². The zero-order valence-corrected chi connectivity index (χ0v) is 11.4. The van der Waals surface area contributed by atoms with Crippen LogP contribution >= 0.6 is 11.3 Å². The molecular formula is C13H18N2O2S. The Labute approximate surface area is 111 Å². The van der Waals surface area contributed by atoms with Crippen molar-refractivity contribution in [2.75, 3.05) is 26.2 Å². The van der Waals surface area contributed by atoms with Crippen LogP contribution in [0.4, 0.5) is 0 Å². The summed E-state index contributed by atoms with van der Waals surface area (Å²) in [6.07, 6.45) is 1.87. The number of hydrogen-bond donors (Lipinski definition) is 1. The van der Waals surface area contributed by atoms with Crippen LogP contribution in [0.3, 0.4) is 0 Å². The van der Waals surface area contributed by atoms with E-state index in [0.717, 1.165) is 24.3 Å². The number of amides is 1. The number of carbonyl (C=O) groups is 2. The SMILES string of the molecule is CCc1ccc(C(=O)CN2CCCNC(=O)C2)s1. The highest BCUT2D eigenvalue weighted by Crippen LogP contribution is 2.17. The molecule has 1 N–H and O–H groups in total. The molecule has 5 heteroatoms. The Morgan fingerprint density at radius 1 is 1.50 bits per heavy atom. The Morgan fingerprint density at radius 3 is 3.06 bits per heavy atom. The molecule has 98 valence electrons. The van der Waals surface area contributed by atoms with Crippen LogP contribution in [0.5, 0.6) is 0 Å². The fraction of sp³-hybridized carbons (Fsp3) is 0.538. The van der Waals surface area contributed by atoms with Crippen molar-refractivity contribution in [2.24, 2.45) is 0 Å². The Hall–Kier alpha value is -1.20. The summed E-state index contributed by atoms with van der Waals surface area (Å²) in [5.41, 5.74) is 0. The lowest BCUT2D eigenvalue weighted by Gasteiger charge is -2.16. The summed E-state index contributed by atoms with van der Waals surface area (Å²) >= 11 is 1.56. The Kier molecular flexibility index (Phi) is 4.49. The maximum absolute atomic E-state index is 12.1. The molecule has 1 aliphatic rings. The molecule has 2 rings (SSSR count). The second kappa shape index (κ2) is 6.11. The van der Waals surface area contributed by atoms with Gasteiger partial charge in [0.05, 0.1) is 18.0 Å². The predicted octanol–water partition coefficient (Wildman–Crippen LogP) is 1.32. The first-order valence-corrected chi connectivity index (χ1v) is 7.11. The highest BCUT2D eigenvalue weighted by Gasteiger charge is 2.18. The molecule has 18 heavy (non-hydrogen) atoms. The van der Waals surface area contributed by atoms with E-state index in [-0.39, 0.29) is 11.7 Å². The third-order valence-corrected chi connectivity index (χ3v) is 4.26. The highest BCUT2D eigenvalue weighted by atomic mass is 32.1. The van der Waals surface area contributed by atoms with Crippen LogP contribution in [0.15, 0.2) is 12.1 Å². The van der Waals surface area contributed by atoms with E-state index in [1.165, 1.54) is 4.88 Å². The van der Waals surface area contributed by atoms with Gasteiger partial charge in [0.15, 0.2) is 5.78 Å². The lowest BCUT2D eigenvalue weighted by molar-refractivity contribution is -0.121. The molecule has 0 saturated carbocycles. The second-order valence-corrected chi connectivity index (χ2v) is 5.63. The standard InChI is InChI=1S/C13H18N2O2S/c1-2-10-4-5-12(18-10)11(16)8-15-7-3-6-14-13(17)9-15/h4-5H,2-3,6-9H2,1H3,(H,14,17). The van der Waals surface area contributed by atoms with Crippen molar-refractivity contribution in [1.29, 1.82) is 0 Å². The maximum Gasteiger partial charge on any atom is 0.234 e. The van der Waals surface area contributed by atoms with Gasteiger partial charge in [-0.1, -0.05) is 6.92 Å². The van der Waals surface area contributed by atoms with Crippen molar-refractivity contribution in [3.05, 3.63) is 21.9 Å². The molecule has 1 amide bonds. The summed E-state index contributed by atoms with van der Waals surface area (Å²) in [4.78, 5) is 27.5. The molecule has 0 bridgehead atoms. The Balaban J connectivity index is 1.95. The molecule has 0 spiro atoms. The molecule has 1 aliphatic heterocycles. The van der Waals surface area contributed by atoms with Gasteiger partial charge in [-0.25, -0.2) is 0 Å². The van der Waals surface area contributed by atoms with Crippen molar-refractivity contribution in [1.82, 2.24) is 10.2 Å². The van der Waals surface area contributed by atoms with Crippen molar-refractivity contribution < 1.29 is 9.59 Å². The lowest BCUT2D eigenvalue weighted by atomic mass is 10.2. The fourth-order valence-electron chi connectivity index (χ4n) is 2.00. The number of hydrogen-bond acceptors (Lipinski definition) is 4. The van der Waals surface area contributed by atoms with Crippen LogP contribution in [0.25, 0.3) is 0 Å². The van der Waals surface area contributed by atoms with E-state index in [1.54, 1.807) is 11.3 Å². The third kappa shape index (κ3) is 3.40. The monoisotopic (exact) mass is 266 g/mol. The normalized spacial score (nSPS) is 17.3. The van der Waals surface area contributed by atoms with Gasteiger partial charge >= 0.3 is 0 Å². The van der Waals surface area contributed by atoms with E-state index in [4.69, 9.17) is 0 Å². The summed E-state index contributed by atoms with van der Waals surface area (Å²) < 4.78 is 0. The number of thiophene rings is 1. The molecule has 0 aromatic carbocycles. The molecular weight excluding hydrogens is 248 g/mol. The van der Waals surface area contributed by atoms with Gasteiger partial charge in [0.1, 0.15) is 0 Å². The van der Waals surface area contributed by atoms with Crippen LogP contribution in [-0.2, 0) is 11.2 Å². The third-order valence-electron chi connectivity index (χ3n) is 2.99. The van der Waals surface area contributed by atoms with E-state index >= 15 is 0 Å². The van der Waals surface area contributed by atoms with Crippen molar-refractivity contribution >= 4 is 23.0 Å².